The number of fused-ring (bicyclic) bond motifs is 2. The Bertz CT molecular complexity index is 1470. The first kappa shape index (κ1) is 24.6. The molecule has 0 fully saturated rings. The highest BCUT2D eigenvalue weighted by atomic mass is 19.1. The van der Waals surface area contributed by atoms with Gasteiger partial charge in [0.25, 0.3) is 0 Å². The maximum Gasteiger partial charge on any atom is 0.249 e. The lowest BCUT2D eigenvalue weighted by Gasteiger charge is -2.34. The van der Waals surface area contributed by atoms with E-state index < -0.39 is 29.2 Å². The molecular formula is C29H30FN5O2. The molecule has 5 rings (SSSR count). The third-order valence-electron chi connectivity index (χ3n) is 6.54. The number of rotatable bonds is 6. The Balaban J connectivity index is 1.63. The molecule has 190 valence electrons. The van der Waals surface area contributed by atoms with Crippen molar-refractivity contribution in [2.75, 3.05) is 4.90 Å². The molecule has 3 aromatic carbocycles. The van der Waals surface area contributed by atoms with E-state index >= 15 is 4.39 Å². The van der Waals surface area contributed by atoms with Gasteiger partial charge >= 0.3 is 0 Å². The first-order valence-corrected chi connectivity index (χ1v) is 12.5. The SMILES string of the molecule is CC(C)(C)NC(=O)[C@@H](c1ccccc1F)N(C(=O)Cn1nnc2ccccc21)c1ccc2c(c1)CCC2. The van der Waals surface area contributed by atoms with E-state index in [4.69, 9.17) is 0 Å². The monoisotopic (exact) mass is 499 g/mol. The maximum atomic E-state index is 15.2. The summed E-state index contributed by atoms with van der Waals surface area (Å²) in [4.78, 5) is 29.3. The Kier molecular flexibility index (Phi) is 6.50. The van der Waals surface area contributed by atoms with Gasteiger partial charge in [0.1, 0.15) is 23.9 Å². The Morgan fingerprint density at radius 3 is 2.54 bits per heavy atom. The van der Waals surface area contributed by atoms with Crippen molar-refractivity contribution in [1.29, 1.82) is 0 Å². The van der Waals surface area contributed by atoms with E-state index in [1.54, 1.807) is 18.2 Å². The summed E-state index contributed by atoms with van der Waals surface area (Å²) in [5.41, 5.74) is 3.83. The van der Waals surface area contributed by atoms with Crippen LogP contribution in [0.15, 0.2) is 66.7 Å². The topological polar surface area (TPSA) is 80.1 Å². The van der Waals surface area contributed by atoms with Gasteiger partial charge in [0, 0.05) is 16.8 Å². The Hall–Kier alpha value is -4.07. The highest BCUT2D eigenvalue weighted by Crippen LogP contribution is 2.34. The van der Waals surface area contributed by atoms with Crippen molar-refractivity contribution in [3.05, 3.63) is 89.2 Å². The lowest BCUT2D eigenvalue weighted by atomic mass is 9.99. The van der Waals surface area contributed by atoms with E-state index in [2.05, 4.69) is 15.6 Å². The van der Waals surface area contributed by atoms with Crippen LogP contribution in [-0.4, -0.2) is 32.3 Å². The van der Waals surface area contributed by atoms with Crippen LogP contribution in [0.5, 0.6) is 0 Å². The number of carbonyl (C=O) groups is 2. The predicted octanol–water partition coefficient (Wildman–Crippen LogP) is 4.75. The largest absolute Gasteiger partial charge is 0.349 e. The minimum Gasteiger partial charge on any atom is -0.349 e. The first-order valence-electron chi connectivity index (χ1n) is 12.5. The van der Waals surface area contributed by atoms with E-state index in [0.717, 1.165) is 24.8 Å². The third-order valence-corrected chi connectivity index (χ3v) is 6.54. The quantitative estimate of drug-likeness (QED) is 0.415. The molecule has 37 heavy (non-hydrogen) atoms. The standard InChI is InChI=1S/C29H30FN5O2/c1-29(2,3)31-28(37)27(22-11-4-5-12-23(22)30)35(21-16-15-19-9-8-10-20(19)17-21)26(36)18-34-25-14-7-6-13-24(25)32-33-34/h4-7,11-17,27H,8-10,18H2,1-3H3,(H,31,37)/t27-/m1/s1. The highest BCUT2D eigenvalue weighted by Gasteiger charge is 2.36. The van der Waals surface area contributed by atoms with Crippen LogP contribution in [0.4, 0.5) is 10.1 Å². The molecule has 1 aliphatic carbocycles. The number of halogens is 1. The van der Waals surface area contributed by atoms with Gasteiger partial charge in [0.2, 0.25) is 11.8 Å². The number of hydrogen-bond acceptors (Lipinski definition) is 4. The zero-order chi connectivity index (χ0) is 26.2. The van der Waals surface area contributed by atoms with Crippen molar-refractivity contribution >= 4 is 28.5 Å². The molecule has 4 aromatic rings. The summed E-state index contributed by atoms with van der Waals surface area (Å²) in [7, 11) is 0. The lowest BCUT2D eigenvalue weighted by molar-refractivity contribution is -0.128. The molecule has 1 aromatic heterocycles. The molecule has 0 radical (unpaired) electrons. The molecule has 1 N–H and O–H groups in total. The molecule has 0 unspecified atom stereocenters. The molecule has 1 heterocycles. The van der Waals surface area contributed by atoms with Crippen molar-refractivity contribution in [1.82, 2.24) is 20.3 Å². The van der Waals surface area contributed by atoms with Gasteiger partial charge in [-0.05, 0) is 81.5 Å². The van der Waals surface area contributed by atoms with Gasteiger partial charge in [-0.3, -0.25) is 14.5 Å². The van der Waals surface area contributed by atoms with E-state index in [1.807, 2.05) is 63.2 Å². The van der Waals surface area contributed by atoms with Crippen LogP contribution in [0.3, 0.4) is 0 Å². The van der Waals surface area contributed by atoms with Crippen LogP contribution >= 0.6 is 0 Å². The predicted molar refractivity (Wildman–Crippen MR) is 141 cm³/mol. The number of nitrogens with one attached hydrogen (secondary N) is 1. The number of amides is 2. The number of hydrogen-bond donors (Lipinski definition) is 1. The number of aryl methyl sites for hydroxylation is 2. The molecule has 0 aliphatic heterocycles. The molecule has 2 amide bonds. The average Bonchev–Trinajstić information content (AvgIpc) is 3.48. The molecule has 1 atom stereocenters. The number of carbonyl (C=O) groups excluding carboxylic acids is 2. The van der Waals surface area contributed by atoms with Crippen LogP contribution in [0.1, 0.15) is 49.9 Å². The second kappa shape index (κ2) is 9.76. The fraction of sp³-hybridized carbons (Fsp3) is 0.310. The second-order valence-electron chi connectivity index (χ2n) is 10.5. The van der Waals surface area contributed by atoms with Gasteiger partial charge in [-0.15, -0.1) is 5.10 Å². The number of para-hydroxylation sites is 1. The smallest absolute Gasteiger partial charge is 0.249 e. The first-order chi connectivity index (χ1) is 17.7. The molecule has 7 nitrogen and oxygen atoms in total. The van der Waals surface area contributed by atoms with Crippen molar-refractivity contribution in [3.8, 4) is 0 Å². The number of anilines is 1. The summed E-state index contributed by atoms with van der Waals surface area (Å²) in [6.07, 6.45) is 2.92. The van der Waals surface area contributed by atoms with Gasteiger partial charge < -0.3 is 5.32 Å². The van der Waals surface area contributed by atoms with Gasteiger partial charge in [-0.2, -0.15) is 0 Å². The zero-order valence-electron chi connectivity index (χ0n) is 21.2. The lowest BCUT2D eigenvalue weighted by Crippen LogP contribution is -2.50. The van der Waals surface area contributed by atoms with Gasteiger partial charge in [-0.25, -0.2) is 9.07 Å². The van der Waals surface area contributed by atoms with Crippen molar-refractivity contribution in [3.63, 3.8) is 0 Å². The number of nitrogens with zero attached hydrogens (tertiary/aromatic N) is 4. The summed E-state index contributed by atoms with van der Waals surface area (Å²) >= 11 is 0. The average molecular weight is 500 g/mol. The Morgan fingerprint density at radius 1 is 1.03 bits per heavy atom. The van der Waals surface area contributed by atoms with E-state index in [9.17, 15) is 9.59 Å². The highest BCUT2D eigenvalue weighted by molar-refractivity contribution is 6.01. The summed E-state index contributed by atoms with van der Waals surface area (Å²) in [5.74, 6) is -1.41. The zero-order valence-corrected chi connectivity index (χ0v) is 21.2. The molecule has 0 saturated carbocycles. The molecule has 1 aliphatic rings. The maximum absolute atomic E-state index is 15.2. The molecule has 0 spiro atoms. The Labute approximate surface area is 215 Å². The molecule has 0 saturated heterocycles. The van der Waals surface area contributed by atoms with E-state index in [-0.39, 0.29) is 12.1 Å². The summed E-state index contributed by atoms with van der Waals surface area (Å²) in [6, 6.07) is 18.1. The van der Waals surface area contributed by atoms with Crippen LogP contribution in [0.2, 0.25) is 0 Å². The van der Waals surface area contributed by atoms with Crippen LogP contribution in [0, 0.1) is 5.82 Å². The van der Waals surface area contributed by atoms with E-state index in [0.29, 0.717) is 16.7 Å². The van der Waals surface area contributed by atoms with Gasteiger partial charge in [-0.1, -0.05) is 41.6 Å². The molecular weight excluding hydrogens is 469 g/mol. The summed E-state index contributed by atoms with van der Waals surface area (Å²) < 4.78 is 16.7. The number of benzene rings is 3. The van der Waals surface area contributed by atoms with Crippen LogP contribution in [0.25, 0.3) is 11.0 Å². The van der Waals surface area contributed by atoms with Crippen LogP contribution < -0.4 is 10.2 Å². The third kappa shape index (κ3) is 5.09. The van der Waals surface area contributed by atoms with E-state index in [1.165, 1.54) is 21.2 Å². The van der Waals surface area contributed by atoms with Crippen molar-refractivity contribution in [2.24, 2.45) is 0 Å². The van der Waals surface area contributed by atoms with Crippen molar-refractivity contribution < 1.29 is 14.0 Å². The molecule has 8 heteroatoms. The minimum absolute atomic E-state index is 0.126. The van der Waals surface area contributed by atoms with Gasteiger partial charge in [0.15, 0.2) is 0 Å². The van der Waals surface area contributed by atoms with Crippen molar-refractivity contribution in [2.45, 2.75) is 58.2 Å². The summed E-state index contributed by atoms with van der Waals surface area (Å²) in [5, 5.41) is 11.3. The van der Waals surface area contributed by atoms with Crippen LogP contribution in [-0.2, 0) is 29.0 Å². The van der Waals surface area contributed by atoms with Gasteiger partial charge in [0.05, 0.1) is 5.52 Å². The fourth-order valence-electron chi connectivity index (χ4n) is 4.92. The molecule has 0 bridgehead atoms. The number of aromatic nitrogens is 3. The second-order valence-corrected chi connectivity index (χ2v) is 10.5. The Morgan fingerprint density at radius 2 is 1.76 bits per heavy atom. The minimum atomic E-state index is -1.22. The normalized spacial score (nSPS) is 13.8. The fourth-order valence-corrected chi connectivity index (χ4v) is 4.92. The summed E-state index contributed by atoms with van der Waals surface area (Å²) in [6.45, 7) is 5.40.